The molecule has 0 aromatic heterocycles. The Kier molecular flexibility index (Phi) is 7.76. The fourth-order valence-electron chi connectivity index (χ4n) is 3.35. The molecule has 158 valence electrons. The number of amides is 1. The topological polar surface area (TPSA) is 94.2 Å². The fourth-order valence-corrected chi connectivity index (χ4v) is 4.60. The van der Waals surface area contributed by atoms with Gasteiger partial charge in [0.05, 0.1) is 12.5 Å². The van der Waals surface area contributed by atoms with Crippen molar-refractivity contribution in [3.63, 3.8) is 0 Å². The first-order valence-electron chi connectivity index (χ1n) is 9.68. The molecule has 3 rings (SSSR count). The van der Waals surface area contributed by atoms with Crippen LogP contribution in [0.2, 0.25) is 0 Å². The van der Waals surface area contributed by atoms with Crippen molar-refractivity contribution in [2.45, 2.75) is 49.7 Å². The van der Waals surface area contributed by atoms with Crippen LogP contribution in [0.5, 0.6) is 0 Å². The van der Waals surface area contributed by atoms with Gasteiger partial charge < -0.3 is 14.2 Å². The molecule has 1 aromatic carbocycles. The SMILES string of the molecule is COC(=O)[C@@H]1CSC(CCCC[C@H]2C(=O)OCN2C(=O)OCc2ccccc2)N1. The molecule has 1 unspecified atom stereocenters. The van der Waals surface area contributed by atoms with Crippen LogP contribution in [0.25, 0.3) is 0 Å². The molecule has 3 atom stereocenters. The second-order valence-electron chi connectivity index (χ2n) is 6.97. The van der Waals surface area contributed by atoms with Crippen LogP contribution < -0.4 is 5.32 Å². The van der Waals surface area contributed by atoms with Crippen LogP contribution in [0.15, 0.2) is 30.3 Å². The van der Waals surface area contributed by atoms with Crippen LogP contribution in [0.3, 0.4) is 0 Å². The molecule has 0 radical (unpaired) electrons. The lowest BCUT2D eigenvalue weighted by Gasteiger charge is -2.20. The van der Waals surface area contributed by atoms with Gasteiger partial charge in [-0.2, -0.15) is 0 Å². The number of nitrogens with zero attached hydrogens (tertiary/aromatic N) is 1. The number of nitrogens with one attached hydrogen (secondary N) is 1. The van der Waals surface area contributed by atoms with Crippen molar-refractivity contribution >= 4 is 29.8 Å². The third kappa shape index (κ3) is 5.86. The average Bonchev–Trinajstić information content (AvgIpc) is 3.36. The highest BCUT2D eigenvalue weighted by Gasteiger charge is 2.38. The zero-order valence-corrected chi connectivity index (χ0v) is 17.2. The first kappa shape index (κ1) is 21.4. The summed E-state index contributed by atoms with van der Waals surface area (Å²) >= 11 is 1.70. The minimum Gasteiger partial charge on any atom is -0.468 e. The zero-order chi connectivity index (χ0) is 20.6. The van der Waals surface area contributed by atoms with Gasteiger partial charge in [0.1, 0.15) is 18.7 Å². The van der Waals surface area contributed by atoms with Gasteiger partial charge in [-0.3, -0.25) is 15.0 Å². The number of cyclic esters (lactones) is 1. The highest BCUT2D eigenvalue weighted by atomic mass is 32.2. The van der Waals surface area contributed by atoms with Crippen LogP contribution >= 0.6 is 11.8 Å². The molecule has 1 amide bonds. The fraction of sp³-hybridized carbons (Fsp3) is 0.550. The predicted octanol–water partition coefficient (Wildman–Crippen LogP) is 2.27. The molecule has 29 heavy (non-hydrogen) atoms. The largest absolute Gasteiger partial charge is 0.468 e. The number of hydrogen-bond acceptors (Lipinski definition) is 8. The van der Waals surface area contributed by atoms with Gasteiger partial charge in [-0.1, -0.05) is 43.2 Å². The van der Waals surface area contributed by atoms with Crippen LogP contribution in [0.4, 0.5) is 4.79 Å². The summed E-state index contributed by atoms with van der Waals surface area (Å²) in [6.45, 7) is 0.0843. The van der Waals surface area contributed by atoms with Crippen molar-refractivity contribution in [3.05, 3.63) is 35.9 Å². The Balaban J connectivity index is 1.39. The summed E-state index contributed by atoms with van der Waals surface area (Å²) in [7, 11) is 1.39. The average molecular weight is 423 g/mol. The molecule has 9 heteroatoms. The van der Waals surface area contributed by atoms with E-state index >= 15 is 0 Å². The maximum Gasteiger partial charge on any atom is 0.413 e. The summed E-state index contributed by atoms with van der Waals surface area (Å²) in [5.74, 6) is 0.0759. The number of benzene rings is 1. The summed E-state index contributed by atoms with van der Waals surface area (Å²) in [6, 6.07) is 8.52. The monoisotopic (exact) mass is 422 g/mol. The quantitative estimate of drug-likeness (QED) is 0.387. The van der Waals surface area contributed by atoms with Gasteiger partial charge in [-0.05, 0) is 18.4 Å². The lowest BCUT2D eigenvalue weighted by atomic mass is 10.1. The number of esters is 2. The molecule has 1 aromatic rings. The molecule has 0 bridgehead atoms. The van der Waals surface area contributed by atoms with E-state index in [-0.39, 0.29) is 36.7 Å². The molecule has 2 heterocycles. The smallest absolute Gasteiger partial charge is 0.413 e. The second-order valence-corrected chi connectivity index (χ2v) is 8.20. The molecule has 2 fully saturated rings. The molecule has 0 spiro atoms. The van der Waals surface area contributed by atoms with Crippen molar-refractivity contribution in [3.8, 4) is 0 Å². The second kappa shape index (κ2) is 10.5. The summed E-state index contributed by atoms with van der Waals surface area (Å²) in [4.78, 5) is 37.3. The van der Waals surface area contributed by atoms with E-state index in [0.717, 1.165) is 24.8 Å². The van der Waals surface area contributed by atoms with Gasteiger partial charge in [0, 0.05) is 5.75 Å². The van der Waals surface area contributed by atoms with Crippen molar-refractivity contribution in [2.75, 3.05) is 19.6 Å². The molecule has 2 aliphatic rings. The molecule has 0 aliphatic carbocycles. The normalized spacial score (nSPS) is 23.7. The standard InChI is InChI=1S/C20H26N2O6S/c1-26-18(23)15-12-29-17(21-15)10-6-5-9-16-19(24)28-13-22(16)20(25)27-11-14-7-3-2-4-8-14/h2-4,7-8,15-17,21H,5-6,9-13H2,1H3/t15-,16-,17?/m0/s1. The molecule has 1 N–H and O–H groups in total. The van der Waals surface area contributed by atoms with E-state index in [4.69, 9.17) is 14.2 Å². The third-order valence-corrected chi connectivity index (χ3v) is 6.26. The number of hydrogen-bond donors (Lipinski definition) is 1. The maximum atomic E-state index is 12.4. The Bertz CT molecular complexity index is 716. The number of ether oxygens (including phenoxy) is 3. The molecule has 8 nitrogen and oxygen atoms in total. The van der Waals surface area contributed by atoms with Crippen LogP contribution in [-0.4, -0.2) is 60.0 Å². The first-order chi connectivity index (χ1) is 14.1. The van der Waals surface area contributed by atoms with E-state index in [1.807, 2.05) is 30.3 Å². The molecule has 2 saturated heterocycles. The van der Waals surface area contributed by atoms with Crippen LogP contribution in [0.1, 0.15) is 31.2 Å². The molecule has 2 aliphatic heterocycles. The summed E-state index contributed by atoms with van der Waals surface area (Å²) in [6.07, 6.45) is 2.49. The number of methoxy groups -OCH3 is 1. The van der Waals surface area contributed by atoms with E-state index in [2.05, 4.69) is 5.32 Å². The number of thioether (sulfide) groups is 1. The highest BCUT2D eigenvalue weighted by Crippen LogP contribution is 2.25. The zero-order valence-electron chi connectivity index (χ0n) is 16.4. The predicted molar refractivity (Wildman–Crippen MR) is 107 cm³/mol. The van der Waals surface area contributed by atoms with Crippen molar-refractivity contribution < 1.29 is 28.6 Å². The Morgan fingerprint density at radius 3 is 2.76 bits per heavy atom. The Hall–Kier alpha value is -2.26. The Morgan fingerprint density at radius 1 is 1.24 bits per heavy atom. The van der Waals surface area contributed by atoms with Gasteiger partial charge in [-0.15, -0.1) is 11.8 Å². The lowest BCUT2D eigenvalue weighted by Crippen LogP contribution is -2.38. The maximum absolute atomic E-state index is 12.4. The van der Waals surface area contributed by atoms with E-state index in [0.29, 0.717) is 12.2 Å². The minimum atomic E-state index is -0.606. The van der Waals surface area contributed by atoms with Crippen molar-refractivity contribution in [2.24, 2.45) is 0 Å². The lowest BCUT2D eigenvalue weighted by molar-refractivity contribution is -0.142. The van der Waals surface area contributed by atoms with Gasteiger partial charge >= 0.3 is 18.0 Å². The Morgan fingerprint density at radius 2 is 2.00 bits per heavy atom. The third-order valence-electron chi connectivity index (χ3n) is 4.96. The van der Waals surface area contributed by atoms with Crippen LogP contribution in [-0.2, 0) is 30.4 Å². The Labute approximate surface area is 174 Å². The molecular formula is C20H26N2O6S. The summed E-state index contributed by atoms with van der Waals surface area (Å²) in [5, 5.41) is 3.45. The van der Waals surface area contributed by atoms with Crippen molar-refractivity contribution in [1.82, 2.24) is 10.2 Å². The van der Waals surface area contributed by atoms with Gasteiger partial charge in [-0.25, -0.2) is 9.59 Å². The number of rotatable bonds is 8. The van der Waals surface area contributed by atoms with Crippen molar-refractivity contribution in [1.29, 1.82) is 0 Å². The number of carbonyl (C=O) groups excluding carboxylic acids is 3. The van der Waals surface area contributed by atoms with Gasteiger partial charge in [0.15, 0.2) is 6.73 Å². The van der Waals surface area contributed by atoms with Gasteiger partial charge in [0.25, 0.3) is 0 Å². The summed E-state index contributed by atoms with van der Waals surface area (Å²) < 4.78 is 15.1. The molecule has 0 saturated carbocycles. The van der Waals surface area contributed by atoms with Gasteiger partial charge in [0.2, 0.25) is 0 Å². The number of unbranched alkanes of at least 4 members (excludes halogenated alkanes) is 1. The first-order valence-corrected chi connectivity index (χ1v) is 10.7. The van der Waals surface area contributed by atoms with E-state index in [1.54, 1.807) is 11.8 Å². The van der Waals surface area contributed by atoms with E-state index in [1.165, 1.54) is 12.0 Å². The minimum absolute atomic E-state index is 0.0715. The summed E-state index contributed by atoms with van der Waals surface area (Å²) in [5.41, 5.74) is 0.885. The van der Waals surface area contributed by atoms with Crippen LogP contribution in [0, 0.1) is 0 Å². The highest BCUT2D eigenvalue weighted by molar-refractivity contribution is 8.00. The van der Waals surface area contributed by atoms with E-state index < -0.39 is 12.1 Å². The molecular weight excluding hydrogens is 396 g/mol. The number of carbonyl (C=O) groups is 3. The van der Waals surface area contributed by atoms with E-state index in [9.17, 15) is 14.4 Å².